The molecule has 1 saturated heterocycles. The third kappa shape index (κ3) is 5.77. The number of hydrogen-bond acceptors (Lipinski definition) is 6. The molecule has 2 rings (SSSR count). The van der Waals surface area contributed by atoms with Crippen LogP contribution < -0.4 is 5.32 Å². The number of thioether (sulfide) groups is 1. The molecule has 0 aliphatic carbocycles. The molecular formula is C16H24N4O3S. The van der Waals surface area contributed by atoms with Gasteiger partial charge in [0.25, 0.3) is 0 Å². The fourth-order valence-electron chi connectivity index (χ4n) is 2.46. The van der Waals surface area contributed by atoms with E-state index in [1.165, 1.54) is 16.7 Å². The third-order valence-electron chi connectivity index (χ3n) is 3.86. The highest BCUT2D eigenvalue weighted by Crippen LogP contribution is 2.15. The molecule has 0 bridgehead atoms. The van der Waals surface area contributed by atoms with E-state index >= 15 is 0 Å². The Kier molecular flexibility index (Phi) is 7.01. The fourth-order valence-corrected chi connectivity index (χ4v) is 3.13. The standard InChI is InChI=1S/C16H24N4O3S/c1-19(2)16(23)10-20-8-6-12(13(21)9-20)18-14(22)11-24-15-5-3-4-7-17-15/h3-5,7,12-13,21H,6,8-11H2,1-2H3,(H,18,22)/t12-,13-/m1/s1. The zero-order valence-corrected chi connectivity index (χ0v) is 14.8. The molecule has 132 valence electrons. The van der Waals surface area contributed by atoms with Crippen LogP contribution in [0.1, 0.15) is 6.42 Å². The molecule has 1 aromatic rings. The number of aliphatic hydroxyl groups is 1. The van der Waals surface area contributed by atoms with Crippen molar-refractivity contribution in [3.8, 4) is 0 Å². The number of aromatic nitrogens is 1. The first-order valence-corrected chi connectivity index (χ1v) is 8.88. The van der Waals surface area contributed by atoms with E-state index < -0.39 is 6.10 Å². The number of carbonyl (C=O) groups excluding carboxylic acids is 2. The summed E-state index contributed by atoms with van der Waals surface area (Å²) >= 11 is 1.37. The van der Waals surface area contributed by atoms with Crippen LogP contribution in [0.25, 0.3) is 0 Å². The number of rotatable bonds is 6. The minimum absolute atomic E-state index is 0.0106. The van der Waals surface area contributed by atoms with Gasteiger partial charge in [0.05, 0.1) is 29.5 Å². The summed E-state index contributed by atoms with van der Waals surface area (Å²) in [5.74, 6) is 0.159. The Labute approximate surface area is 146 Å². The van der Waals surface area contributed by atoms with Gasteiger partial charge in [-0.3, -0.25) is 14.5 Å². The van der Waals surface area contributed by atoms with Gasteiger partial charge in [-0.1, -0.05) is 17.8 Å². The molecule has 1 aliphatic rings. The maximum Gasteiger partial charge on any atom is 0.236 e. The van der Waals surface area contributed by atoms with Crippen molar-refractivity contribution < 1.29 is 14.7 Å². The number of carbonyl (C=O) groups is 2. The Morgan fingerprint density at radius 3 is 2.88 bits per heavy atom. The van der Waals surface area contributed by atoms with Crippen molar-refractivity contribution in [2.75, 3.05) is 39.5 Å². The molecule has 2 N–H and O–H groups in total. The number of likely N-dealkylation sites (tertiary alicyclic amines) is 1. The maximum absolute atomic E-state index is 12.0. The van der Waals surface area contributed by atoms with E-state index in [1.54, 1.807) is 20.3 Å². The van der Waals surface area contributed by atoms with Gasteiger partial charge in [0.1, 0.15) is 0 Å². The molecule has 7 nitrogen and oxygen atoms in total. The van der Waals surface area contributed by atoms with Gasteiger partial charge in [-0.05, 0) is 18.6 Å². The van der Waals surface area contributed by atoms with E-state index in [9.17, 15) is 14.7 Å². The minimum atomic E-state index is -0.669. The van der Waals surface area contributed by atoms with Gasteiger partial charge in [0.15, 0.2) is 0 Å². The molecule has 24 heavy (non-hydrogen) atoms. The Morgan fingerprint density at radius 2 is 2.25 bits per heavy atom. The first kappa shape index (κ1) is 18.7. The largest absolute Gasteiger partial charge is 0.390 e. The lowest BCUT2D eigenvalue weighted by molar-refractivity contribution is -0.131. The van der Waals surface area contributed by atoms with Crippen LogP contribution in [0.4, 0.5) is 0 Å². The first-order chi connectivity index (χ1) is 11.5. The van der Waals surface area contributed by atoms with Crippen LogP contribution in [-0.2, 0) is 9.59 Å². The van der Waals surface area contributed by atoms with Gasteiger partial charge in [0, 0.05) is 33.4 Å². The normalized spacial score (nSPS) is 21.3. The lowest BCUT2D eigenvalue weighted by Crippen LogP contribution is -2.55. The number of nitrogens with one attached hydrogen (secondary N) is 1. The van der Waals surface area contributed by atoms with Gasteiger partial charge < -0.3 is 15.3 Å². The second-order valence-corrected chi connectivity index (χ2v) is 7.01. The van der Waals surface area contributed by atoms with E-state index in [2.05, 4.69) is 10.3 Å². The molecule has 2 heterocycles. The minimum Gasteiger partial charge on any atom is -0.390 e. The smallest absolute Gasteiger partial charge is 0.236 e. The number of likely N-dealkylation sites (N-methyl/N-ethyl adjacent to an activating group) is 1. The number of β-amino-alcohol motifs (C(OH)–C–C–N with tert-alkyl or cyclic N) is 1. The molecule has 0 radical (unpaired) electrons. The second kappa shape index (κ2) is 9.00. The second-order valence-electron chi connectivity index (χ2n) is 6.01. The molecule has 2 amide bonds. The molecule has 1 aromatic heterocycles. The van der Waals surface area contributed by atoms with Crippen molar-refractivity contribution in [2.24, 2.45) is 0 Å². The topological polar surface area (TPSA) is 85.8 Å². The molecule has 1 fully saturated rings. The van der Waals surface area contributed by atoms with Gasteiger partial charge >= 0.3 is 0 Å². The average Bonchev–Trinajstić information content (AvgIpc) is 2.56. The number of hydrogen-bond donors (Lipinski definition) is 2. The van der Waals surface area contributed by atoms with Crippen molar-refractivity contribution in [2.45, 2.75) is 23.6 Å². The predicted octanol–water partition coefficient (Wildman–Crippen LogP) is -0.187. The lowest BCUT2D eigenvalue weighted by Gasteiger charge is -2.36. The highest BCUT2D eigenvalue weighted by Gasteiger charge is 2.29. The van der Waals surface area contributed by atoms with Gasteiger partial charge in [-0.2, -0.15) is 0 Å². The maximum atomic E-state index is 12.0. The fraction of sp³-hybridized carbons (Fsp3) is 0.562. The van der Waals surface area contributed by atoms with Crippen LogP contribution in [0, 0.1) is 0 Å². The Balaban J connectivity index is 1.74. The van der Waals surface area contributed by atoms with Gasteiger partial charge in [0.2, 0.25) is 11.8 Å². The van der Waals surface area contributed by atoms with Crippen LogP contribution in [-0.4, -0.2) is 83.3 Å². The van der Waals surface area contributed by atoms with Crippen molar-refractivity contribution in [1.82, 2.24) is 20.1 Å². The van der Waals surface area contributed by atoms with Crippen LogP contribution in [0.15, 0.2) is 29.4 Å². The van der Waals surface area contributed by atoms with Crippen molar-refractivity contribution in [1.29, 1.82) is 0 Å². The van der Waals surface area contributed by atoms with E-state index in [4.69, 9.17) is 0 Å². The van der Waals surface area contributed by atoms with Crippen LogP contribution >= 0.6 is 11.8 Å². The highest BCUT2D eigenvalue weighted by molar-refractivity contribution is 7.99. The zero-order chi connectivity index (χ0) is 17.5. The number of aliphatic hydroxyl groups excluding tert-OH is 1. The predicted molar refractivity (Wildman–Crippen MR) is 92.6 cm³/mol. The Bertz CT molecular complexity index is 556. The zero-order valence-electron chi connectivity index (χ0n) is 14.0. The monoisotopic (exact) mass is 352 g/mol. The van der Waals surface area contributed by atoms with E-state index in [0.29, 0.717) is 26.1 Å². The molecule has 8 heteroatoms. The summed E-state index contributed by atoms with van der Waals surface area (Å²) in [7, 11) is 3.43. The summed E-state index contributed by atoms with van der Waals surface area (Å²) in [6.45, 7) is 1.35. The number of amides is 2. The molecule has 0 aromatic carbocycles. The van der Waals surface area contributed by atoms with Crippen LogP contribution in [0.2, 0.25) is 0 Å². The highest BCUT2D eigenvalue weighted by atomic mass is 32.2. The molecule has 0 spiro atoms. The van der Waals surface area contributed by atoms with E-state index in [0.717, 1.165) is 5.03 Å². The van der Waals surface area contributed by atoms with Crippen LogP contribution in [0.5, 0.6) is 0 Å². The first-order valence-electron chi connectivity index (χ1n) is 7.89. The summed E-state index contributed by atoms with van der Waals surface area (Å²) in [5, 5.41) is 13.9. The Hall–Kier alpha value is -1.64. The average molecular weight is 352 g/mol. The Morgan fingerprint density at radius 1 is 1.46 bits per heavy atom. The van der Waals surface area contributed by atoms with E-state index in [1.807, 2.05) is 23.1 Å². The number of piperidine rings is 1. The van der Waals surface area contributed by atoms with Crippen molar-refractivity contribution in [3.05, 3.63) is 24.4 Å². The summed E-state index contributed by atoms with van der Waals surface area (Å²) in [6, 6.07) is 5.29. The summed E-state index contributed by atoms with van der Waals surface area (Å²) < 4.78 is 0. The molecule has 2 atom stereocenters. The molecular weight excluding hydrogens is 328 g/mol. The molecule has 0 unspecified atom stereocenters. The van der Waals surface area contributed by atoms with E-state index in [-0.39, 0.29) is 23.6 Å². The number of nitrogens with zero attached hydrogens (tertiary/aromatic N) is 3. The molecule has 1 aliphatic heterocycles. The quantitative estimate of drug-likeness (QED) is 0.691. The lowest BCUT2D eigenvalue weighted by atomic mass is 10.0. The molecule has 0 saturated carbocycles. The van der Waals surface area contributed by atoms with Crippen LogP contribution in [0.3, 0.4) is 0 Å². The summed E-state index contributed by atoms with van der Waals surface area (Å²) in [5.41, 5.74) is 0. The third-order valence-corrected chi connectivity index (χ3v) is 4.80. The number of pyridine rings is 1. The SMILES string of the molecule is CN(C)C(=O)CN1CC[C@@H](NC(=O)CSc2ccccn2)[C@H](O)C1. The van der Waals surface area contributed by atoms with Crippen molar-refractivity contribution >= 4 is 23.6 Å². The van der Waals surface area contributed by atoms with Crippen molar-refractivity contribution in [3.63, 3.8) is 0 Å². The summed E-state index contributed by atoms with van der Waals surface area (Å²) in [4.78, 5) is 31.4. The summed E-state index contributed by atoms with van der Waals surface area (Å²) in [6.07, 6.45) is 1.65. The van der Waals surface area contributed by atoms with Gasteiger partial charge in [-0.15, -0.1) is 0 Å². The van der Waals surface area contributed by atoms with Gasteiger partial charge in [-0.25, -0.2) is 4.98 Å².